The molecule has 1 atom stereocenters. The van der Waals surface area contributed by atoms with Gasteiger partial charge in [-0.1, -0.05) is 11.6 Å². The van der Waals surface area contributed by atoms with E-state index in [9.17, 15) is 0 Å². The van der Waals surface area contributed by atoms with E-state index in [0.29, 0.717) is 28.0 Å². The number of hydrogen-bond donors (Lipinski definition) is 3. The van der Waals surface area contributed by atoms with Crippen LogP contribution in [0.2, 0.25) is 5.15 Å². The van der Waals surface area contributed by atoms with Crippen molar-refractivity contribution in [1.82, 2.24) is 35.3 Å². The fourth-order valence-electron chi connectivity index (χ4n) is 2.81. The van der Waals surface area contributed by atoms with Crippen molar-refractivity contribution in [3.8, 4) is 5.88 Å². The fourth-order valence-corrected chi connectivity index (χ4v) is 3.02. The summed E-state index contributed by atoms with van der Waals surface area (Å²) < 4.78 is 7.91. The SMILES string of the molecule is CCn1cc(Nc2nc(O[C@@H]3CCCNC3)c3c(Cl)[nH]nc3n2)cn1. The third kappa shape index (κ3) is 3.38. The van der Waals surface area contributed by atoms with E-state index in [1.54, 1.807) is 6.20 Å². The van der Waals surface area contributed by atoms with Crippen LogP contribution >= 0.6 is 11.6 Å². The lowest BCUT2D eigenvalue weighted by Crippen LogP contribution is -2.37. The quantitative estimate of drug-likeness (QED) is 0.638. The molecule has 1 saturated heterocycles. The van der Waals surface area contributed by atoms with Gasteiger partial charge in [0.25, 0.3) is 0 Å². The summed E-state index contributed by atoms with van der Waals surface area (Å²) in [5.74, 6) is 0.827. The van der Waals surface area contributed by atoms with Crippen LogP contribution in [0.3, 0.4) is 0 Å². The maximum absolute atomic E-state index is 6.20. The highest BCUT2D eigenvalue weighted by molar-refractivity contribution is 6.34. The molecule has 0 radical (unpaired) electrons. The summed E-state index contributed by atoms with van der Waals surface area (Å²) in [6.45, 7) is 4.61. The summed E-state index contributed by atoms with van der Waals surface area (Å²) in [7, 11) is 0. The molecule has 25 heavy (non-hydrogen) atoms. The van der Waals surface area contributed by atoms with Crippen LogP contribution in [0.25, 0.3) is 11.0 Å². The van der Waals surface area contributed by atoms with Crippen LogP contribution in [0, 0.1) is 0 Å². The standard InChI is InChI=1S/C15H19ClN8O/c1-2-24-8-9(6-18-24)19-15-20-13-11(12(16)22-23-13)14(21-15)25-10-4-3-5-17-7-10/h6,8,10,17H,2-5,7H2,1H3,(H2,19,20,21,22,23)/t10-/m1/s1. The largest absolute Gasteiger partial charge is 0.472 e. The van der Waals surface area contributed by atoms with E-state index >= 15 is 0 Å². The average molecular weight is 363 g/mol. The van der Waals surface area contributed by atoms with Gasteiger partial charge in [0, 0.05) is 19.3 Å². The van der Waals surface area contributed by atoms with Crippen LogP contribution in [-0.4, -0.2) is 49.1 Å². The van der Waals surface area contributed by atoms with Gasteiger partial charge in [0.1, 0.15) is 16.6 Å². The zero-order valence-corrected chi connectivity index (χ0v) is 14.5. The molecule has 132 valence electrons. The Labute approximate surface area is 149 Å². The lowest BCUT2D eigenvalue weighted by atomic mass is 10.1. The number of halogens is 1. The Kier molecular flexibility index (Phi) is 4.41. The molecule has 9 nitrogen and oxygen atoms in total. The molecule has 0 aromatic carbocycles. The number of nitrogens with zero attached hydrogens (tertiary/aromatic N) is 5. The second kappa shape index (κ2) is 6.85. The average Bonchev–Trinajstić information content (AvgIpc) is 3.23. The molecule has 0 saturated carbocycles. The van der Waals surface area contributed by atoms with Crippen LogP contribution in [0.1, 0.15) is 19.8 Å². The molecule has 0 unspecified atom stereocenters. The number of hydrogen-bond acceptors (Lipinski definition) is 7. The van der Waals surface area contributed by atoms with E-state index in [4.69, 9.17) is 16.3 Å². The highest BCUT2D eigenvalue weighted by Crippen LogP contribution is 2.30. The van der Waals surface area contributed by atoms with Gasteiger partial charge in [0.2, 0.25) is 11.8 Å². The number of nitrogens with one attached hydrogen (secondary N) is 3. The van der Waals surface area contributed by atoms with Crippen molar-refractivity contribution < 1.29 is 4.74 Å². The van der Waals surface area contributed by atoms with Crippen molar-refractivity contribution in [2.75, 3.05) is 18.4 Å². The first-order valence-corrected chi connectivity index (χ1v) is 8.69. The maximum atomic E-state index is 6.20. The lowest BCUT2D eigenvalue weighted by Gasteiger charge is -2.23. The van der Waals surface area contributed by atoms with Crippen LogP contribution in [0.5, 0.6) is 5.88 Å². The Morgan fingerprint density at radius 3 is 3.12 bits per heavy atom. The third-order valence-electron chi connectivity index (χ3n) is 4.08. The van der Waals surface area contributed by atoms with E-state index < -0.39 is 0 Å². The number of rotatable bonds is 5. The zero-order chi connectivity index (χ0) is 17.2. The zero-order valence-electron chi connectivity index (χ0n) is 13.8. The summed E-state index contributed by atoms with van der Waals surface area (Å²) in [5, 5.41) is 18.5. The second-order valence-corrected chi connectivity index (χ2v) is 6.26. The van der Waals surface area contributed by atoms with Gasteiger partial charge in [-0.2, -0.15) is 20.2 Å². The fraction of sp³-hybridized carbons (Fsp3) is 0.467. The second-order valence-electron chi connectivity index (χ2n) is 5.88. The Morgan fingerprint density at radius 1 is 1.44 bits per heavy atom. The molecule has 4 heterocycles. The normalized spacial score (nSPS) is 17.8. The minimum Gasteiger partial charge on any atom is -0.472 e. The number of aryl methyl sites for hydroxylation is 1. The van der Waals surface area contributed by atoms with Crippen molar-refractivity contribution in [1.29, 1.82) is 0 Å². The minimum absolute atomic E-state index is 0.0495. The number of anilines is 2. The number of aromatic nitrogens is 6. The molecule has 3 aromatic rings. The number of H-pyrrole nitrogens is 1. The molecule has 3 aromatic heterocycles. The van der Waals surface area contributed by atoms with E-state index in [1.165, 1.54) is 0 Å². The predicted molar refractivity (Wildman–Crippen MR) is 94.4 cm³/mol. The summed E-state index contributed by atoms with van der Waals surface area (Å²) in [4.78, 5) is 8.90. The smallest absolute Gasteiger partial charge is 0.232 e. The first kappa shape index (κ1) is 16.1. The van der Waals surface area contributed by atoms with Crippen molar-refractivity contribution >= 4 is 34.3 Å². The molecule has 1 aliphatic rings. The number of ether oxygens (including phenoxy) is 1. The van der Waals surface area contributed by atoms with E-state index in [1.807, 2.05) is 17.8 Å². The molecule has 0 bridgehead atoms. The van der Waals surface area contributed by atoms with Gasteiger partial charge in [-0.15, -0.1) is 0 Å². The van der Waals surface area contributed by atoms with Crippen LogP contribution in [0.15, 0.2) is 12.4 Å². The molecule has 3 N–H and O–H groups in total. The van der Waals surface area contributed by atoms with E-state index in [0.717, 1.165) is 38.2 Å². The molecule has 10 heteroatoms. The maximum Gasteiger partial charge on any atom is 0.232 e. The lowest BCUT2D eigenvalue weighted by molar-refractivity contribution is 0.163. The molecule has 0 amide bonds. The van der Waals surface area contributed by atoms with Crippen LogP contribution in [0.4, 0.5) is 11.6 Å². The van der Waals surface area contributed by atoms with Gasteiger partial charge in [0.05, 0.1) is 11.9 Å². The molecular formula is C15H19ClN8O. The number of fused-ring (bicyclic) bond motifs is 1. The minimum atomic E-state index is 0.0495. The number of piperidine rings is 1. The highest BCUT2D eigenvalue weighted by Gasteiger charge is 2.21. The summed E-state index contributed by atoms with van der Waals surface area (Å²) in [6, 6.07) is 0. The van der Waals surface area contributed by atoms with Gasteiger partial charge < -0.3 is 15.4 Å². The Balaban J connectivity index is 1.65. The van der Waals surface area contributed by atoms with Gasteiger partial charge in [0.15, 0.2) is 5.65 Å². The monoisotopic (exact) mass is 362 g/mol. The van der Waals surface area contributed by atoms with E-state index in [-0.39, 0.29) is 6.10 Å². The van der Waals surface area contributed by atoms with Gasteiger partial charge in [-0.3, -0.25) is 9.78 Å². The molecule has 1 fully saturated rings. The summed E-state index contributed by atoms with van der Waals surface area (Å²) in [5.41, 5.74) is 1.26. The van der Waals surface area contributed by atoms with Crippen molar-refractivity contribution in [3.05, 3.63) is 17.5 Å². The molecule has 0 aliphatic carbocycles. The Bertz CT molecular complexity index is 870. The molecule has 4 rings (SSSR count). The van der Waals surface area contributed by atoms with Crippen LogP contribution < -0.4 is 15.4 Å². The molecular weight excluding hydrogens is 344 g/mol. The Morgan fingerprint density at radius 2 is 2.36 bits per heavy atom. The van der Waals surface area contributed by atoms with E-state index in [2.05, 4.69) is 35.9 Å². The van der Waals surface area contributed by atoms with Crippen molar-refractivity contribution in [2.45, 2.75) is 32.4 Å². The van der Waals surface area contributed by atoms with Crippen LogP contribution in [-0.2, 0) is 6.54 Å². The molecule has 1 aliphatic heterocycles. The molecule has 0 spiro atoms. The summed E-state index contributed by atoms with van der Waals surface area (Å²) >= 11 is 6.20. The third-order valence-corrected chi connectivity index (χ3v) is 4.35. The predicted octanol–water partition coefficient (Wildman–Crippen LogP) is 2.10. The first-order valence-electron chi connectivity index (χ1n) is 8.31. The Hall–Kier alpha value is -2.39. The van der Waals surface area contributed by atoms with Gasteiger partial charge >= 0.3 is 0 Å². The highest BCUT2D eigenvalue weighted by atomic mass is 35.5. The first-order chi connectivity index (χ1) is 12.2. The topological polar surface area (TPSA) is 106 Å². The van der Waals surface area contributed by atoms with Crippen molar-refractivity contribution in [2.24, 2.45) is 0 Å². The van der Waals surface area contributed by atoms with Crippen molar-refractivity contribution in [3.63, 3.8) is 0 Å². The van der Waals surface area contributed by atoms with Gasteiger partial charge in [-0.05, 0) is 26.3 Å². The van der Waals surface area contributed by atoms with Gasteiger partial charge in [-0.25, -0.2) is 0 Å². The number of aromatic amines is 1. The summed E-state index contributed by atoms with van der Waals surface area (Å²) in [6.07, 6.45) is 5.70.